The van der Waals surface area contributed by atoms with Crippen LogP contribution in [0.5, 0.6) is 0 Å². The molecule has 3 N–H and O–H groups in total. The summed E-state index contributed by atoms with van der Waals surface area (Å²) >= 11 is 0. The number of hydrogen-bond acceptors (Lipinski definition) is 6. The summed E-state index contributed by atoms with van der Waals surface area (Å²) in [6, 6.07) is 0.761. The number of amides is 1. The minimum Gasteiger partial charge on any atom is -0.444 e. The van der Waals surface area contributed by atoms with E-state index >= 15 is 0 Å². The van der Waals surface area contributed by atoms with Gasteiger partial charge in [-0.2, -0.15) is 13.2 Å². The Morgan fingerprint density at radius 3 is 2.69 bits per heavy atom. The molecule has 1 amide bonds. The standard InChI is InChI=1S/C19H30F3N7O2.HI/c1-5-23-16(29-11-7-13(12-29)27-17(30)31-18(2,3)4)26-10-9-25-15-24-8-6-14(28-15)19(20,21)22;/h6,8,13H,5,7,9-12H2,1-4H3,(H,23,26)(H,27,30)(H,24,25,28);1H. The first kappa shape index (κ1) is 28.0. The molecule has 1 aliphatic heterocycles. The van der Waals surface area contributed by atoms with Crippen LogP contribution >= 0.6 is 24.0 Å². The number of anilines is 1. The number of rotatable bonds is 6. The second-order valence-corrected chi connectivity index (χ2v) is 8.00. The van der Waals surface area contributed by atoms with E-state index in [2.05, 4.69) is 30.9 Å². The molecule has 1 unspecified atom stereocenters. The van der Waals surface area contributed by atoms with Crippen molar-refractivity contribution in [1.29, 1.82) is 0 Å². The summed E-state index contributed by atoms with van der Waals surface area (Å²) < 4.78 is 43.5. The number of nitrogens with zero attached hydrogens (tertiary/aromatic N) is 4. The van der Waals surface area contributed by atoms with Gasteiger partial charge < -0.3 is 25.6 Å². The molecule has 182 valence electrons. The molecular weight excluding hydrogens is 542 g/mol. The van der Waals surface area contributed by atoms with Crippen LogP contribution in [-0.2, 0) is 10.9 Å². The zero-order valence-electron chi connectivity index (χ0n) is 18.6. The summed E-state index contributed by atoms with van der Waals surface area (Å²) in [5.41, 5.74) is -1.56. The minimum atomic E-state index is -4.52. The first-order valence-corrected chi connectivity index (χ1v) is 10.1. The molecule has 32 heavy (non-hydrogen) atoms. The van der Waals surface area contributed by atoms with Crippen molar-refractivity contribution in [2.24, 2.45) is 4.99 Å². The van der Waals surface area contributed by atoms with E-state index in [-0.39, 0.29) is 42.5 Å². The van der Waals surface area contributed by atoms with E-state index in [1.165, 1.54) is 0 Å². The molecule has 0 saturated carbocycles. The maximum absolute atomic E-state index is 12.7. The second-order valence-electron chi connectivity index (χ2n) is 8.00. The molecule has 2 rings (SSSR count). The predicted molar refractivity (Wildman–Crippen MR) is 126 cm³/mol. The Kier molecular flexibility index (Phi) is 10.7. The van der Waals surface area contributed by atoms with Gasteiger partial charge in [0.15, 0.2) is 5.96 Å². The number of aromatic nitrogens is 2. The summed E-state index contributed by atoms with van der Waals surface area (Å²) in [7, 11) is 0. The molecule has 9 nitrogen and oxygen atoms in total. The maximum atomic E-state index is 12.7. The highest BCUT2D eigenvalue weighted by Gasteiger charge is 2.32. The lowest BCUT2D eigenvalue weighted by Crippen LogP contribution is -2.44. The topological polar surface area (TPSA) is 104 Å². The van der Waals surface area contributed by atoms with Crippen LogP contribution in [-0.4, -0.2) is 71.3 Å². The number of alkyl halides is 3. The van der Waals surface area contributed by atoms with E-state index in [1.807, 2.05) is 32.6 Å². The van der Waals surface area contributed by atoms with Gasteiger partial charge in [-0.15, -0.1) is 24.0 Å². The quantitative estimate of drug-likeness (QED) is 0.208. The van der Waals surface area contributed by atoms with Crippen molar-refractivity contribution in [2.75, 3.05) is 38.0 Å². The molecule has 0 radical (unpaired) electrons. The average Bonchev–Trinajstić information content (AvgIpc) is 3.10. The number of carbonyl (C=O) groups is 1. The molecule has 0 aromatic carbocycles. The van der Waals surface area contributed by atoms with Crippen molar-refractivity contribution < 1.29 is 22.7 Å². The van der Waals surface area contributed by atoms with E-state index in [0.29, 0.717) is 32.1 Å². The van der Waals surface area contributed by atoms with Gasteiger partial charge in [-0.3, -0.25) is 4.99 Å². The third-order valence-electron chi connectivity index (χ3n) is 4.15. The normalized spacial score (nSPS) is 16.9. The smallest absolute Gasteiger partial charge is 0.433 e. The molecule has 1 aromatic heterocycles. The Hall–Kier alpha value is -2.06. The summed E-state index contributed by atoms with van der Waals surface area (Å²) in [5, 5.41) is 8.80. The summed E-state index contributed by atoms with van der Waals surface area (Å²) in [4.78, 5) is 25.7. The van der Waals surface area contributed by atoms with Gasteiger partial charge in [-0.25, -0.2) is 14.8 Å². The molecule has 1 aromatic rings. The number of alkyl carbamates (subject to hydrolysis) is 1. The number of guanidine groups is 1. The fourth-order valence-electron chi connectivity index (χ4n) is 2.90. The van der Waals surface area contributed by atoms with Gasteiger partial charge in [0.25, 0.3) is 0 Å². The Labute approximate surface area is 203 Å². The summed E-state index contributed by atoms with van der Waals surface area (Å²) in [6.45, 7) is 9.88. The molecule has 1 saturated heterocycles. The number of ether oxygens (including phenoxy) is 1. The lowest BCUT2D eigenvalue weighted by Gasteiger charge is -2.23. The van der Waals surface area contributed by atoms with Crippen molar-refractivity contribution in [3.05, 3.63) is 18.0 Å². The Bertz CT molecular complexity index is 772. The van der Waals surface area contributed by atoms with E-state index in [9.17, 15) is 18.0 Å². The van der Waals surface area contributed by atoms with Gasteiger partial charge in [-0.1, -0.05) is 0 Å². The Morgan fingerprint density at radius 1 is 1.34 bits per heavy atom. The first-order valence-electron chi connectivity index (χ1n) is 10.1. The fourth-order valence-corrected chi connectivity index (χ4v) is 2.90. The highest BCUT2D eigenvalue weighted by Crippen LogP contribution is 2.27. The molecule has 13 heteroatoms. The molecule has 0 aliphatic carbocycles. The molecule has 1 fully saturated rings. The molecular formula is C19H31F3IN7O2. The fraction of sp³-hybridized carbons (Fsp3) is 0.684. The van der Waals surface area contributed by atoms with Gasteiger partial charge in [0, 0.05) is 32.4 Å². The SMILES string of the molecule is CCNC(=NCCNc1nccc(C(F)(F)F)n1)N1CCC(NC(=O)OC(C)(C)C)C1.I. The Morgan fingerprint density at radius 2 is 2.06 bits per heavy atom. The monoisotopic (exact) mass is 573 g/mol. The van der Waals surface area contributed by atoms with E-state index in [4.69, 9.17) is 4.74 Å². The van der Waals surface area contributed by atoms with Crippen LogP contribution in [0, 0.1) is 0 Å². The van der Waals surface area contributed by atoms with Gasteiger partial charge in [0.2, 0.25) is 5.95 Å². The largest absolute Gasteiger partial charge is 0.444 e. The van der Waals surface area contributed by atoms with Crippen LogP contribution in [0.2, 0.25) is 0 Å². The first-order chi connectivity index (χ1) is 14.5. The van der Waals surface area contributed by atoms with Crippen LogP contribution in [0.1, 0.15) is 39.8 Å². The van der Waals surface area contributed by atoms with Gasteiger partial charge >= 0.3 is 12.3 Å². The third kappa shape index (κ3) is 9.61. The van der Waals surface area contributed by atoms with Crippen molar-refractivity contribution in [2.45, 2.75) is 51.9 Å². The van der Waals surface area contributed by atoms with Crippen molar-refractivity contribution in [3.8, 4) is 0 Å². The molecule has 1 aliphatic rings. The number of carbonyl (C=O) groups excluding carboxylic acids is 1. The third-order valence-corrected chi connectivity index (χ3v) is 4.15. The summed E-state index contributed by atoms with van der Waals surface area (Å²) in [5.74, 6) is 0.570. The molecule has 0 bridgehead atoms. The van der Waals surface area contributed by atoms with Crippen molar-refractivity contribution in [3.63, 3.8) is 0 Å². The van der Waals surface area contributed by atoms with E-state index < -0.39 is 23.6 Å². The van der Waals surface area contributed by atoms with Crippen LogP contribution in [0.4, 0.5) is 23.9 Å². The van der Waals surface area contributed by atoms with Crippen LogP contribution in [0.15, 0.2) is 17.3 Å². The van der Waals surface area contributed by atoms with Crippen LogP contribution in [0.25, 0.3) is 0 Å². The number of aliphatic imine (C=N–C) groups is 1. The zero-order valence-corrected chi connectivity index (χ0v) is 21.0. The van der Waals surface area contributed by atoms with E-state index in [1.54, 1.807) is 0 Å². The van der Waals surface area contributed by atoms with Crippen LogP contribution in [0.3, 0.4) is 0 Å². The number of halogens is 4. The zero-order chi connectivity index (χ0) is 23.1. The molecule has 2 heterocycles. The van der Waals surface area contributed by atoms with Crippen molar-refractivity contribution in [1.82, 2.24) is 25.5 Å². The minimum absolute atomic E-state index is 0. The highest BCUT2D eigenvalue weighted by atomic mass is 127. The second kappa shape index (κ2) is 12.3. The van der Waals surface area contributed by atoms with E-state index in [0.717, 1.165) is 18.7 Å². The maximum Gasteiger partial charge on any atom is 0.433 e. The molecule has 0 spiro atoms. The summed E-state index contributed by atoms with van der Waals surface area (Å²) in [6.07, 6.45) is -3.16. The van der Waals surface area contributed by atoms with Crippen molar-refractivity contribution >= 4 is 42.0 Å². The number of hydrogen-bond donors (Lipinski definition) is 3. The number of likely N-dealkylation sites (tertiary alicyclic amines) is 1. The van der Waals surface area contributed by atoms with Gasteiger partial charge in [-0.05, 0) is 40.2 Å². The highest BCUT2D eigenvalue weighted by molar-refractivity contribution is 14.0. The number of nitrogens with one attached hydrogen (secondary N) is 3. The lowest BCUT2D eigenvalue weighted by atomic mass is 10.2. The molecule has 1 atom stereocenters. The van der Waals surface area contributed by atoms with Gasteiger partial charge in [0.1, 0.15) is 11.3 Å². The predicted octanol–water partition coefficient (Wildman–Crippen LogP) is 3.09. The Balaban J connectivity index is 0.00000512. The van der Waals surface area contributed by atoms with Gasteiger partial charge in [0.05, 0.1) is 12.6 Å². The lowest BCUT2D eigenvalue weighted by molar-refractivity contribution is -0.141. The average molecular weight is 573 g/mol. The van der Waals surface area contributed by atoms with Crippen LogP contribution < -0.4 is 16.0 Å².